The quantitative estimate of drug-likeness (QED) is 0.816. The van der Waals surface area contributed by atoms with Crippen molar-refractivity contribution >= 4 is 0 Å². The monoisotopic (exact) mass is 238 g/mol. The van der Waals surface area contributed by atoms with Crippen LogP contribution in [-0.2, 0) is 0 Å². The average Bonchev–Trinajstić information content (AvgIpc) is 2.40. The minimum atomic E-state index is 0.881. The van der Waals surface area contributed by atoms with E-state index in [2.05, 4.69) is 11.8 Å². The Bertz CT molecular complexity index is 201. The van der Waals surface area contributed by atoms with E-state index in [9.17, 15) is 0 Å². The molecule has 0 unspecified atom stereocenters. The molecule has 2 heteroatoms. The Balaban J connectivity index is 1.70. The van der Waals surface area contributed by atoms with Gasteiger partial charge in [0.1, 0.15) is 0 Å². The SMILES string of the molecule is CCC1CCC(N2CCC(CCN)CC2)CC1. The maximum Gasteiger partial charge on any atom is 0.00954 e. The van der Waals surface area contributed by atoms with E-state index in [0.29, 0.717) is 0 Å². The first-order valence-electron chi connectivity index (χ1n) is 7.77. The van der Waals surface area contributed by atoms with Crippen LogP contribution in [0.15, 0.2) is 0 Å². The van der Waals surface area contributed by atoms with Crippen LogP contribution in [0.3, 0.4) is 0 Å². The summed E-state index contributed by atoms with van der Waals surface area (Å²) in [4.78, 5) is 2.78. The lowest BCUT2D eigenvalue weighted by Gasteiger charge is -2.40. The van der Waals surface area contributed by atoms with Gasteiger partial charge in [0.2, 0.25) is 0 Å². The molecule has 2 aliphatic rings. The summed E-state index contributed by atoms with van der Waals surface area (Å²) >= 11 is 0. The maximum atomic E-state index is 5.65. The van der Waals surface area contributed by atoms with E-state index >= 15 is 0 Å². The summed E-state index contributed by atoms with van der Waals surface area (Å²) in [6, 6.07) is 0.914. The lowest BCUT2D eigenvalue weighted by molar-refractivity contribution is 0.0924. The Labute approximate surface area is 107 Å². The van der Waals surface area contributed by atoms with Crippen molar-refractivity contribution in [2.45, 2.75) is 64.3 Å². The van der Waals surface area contributed by atoms with Gasteiger partial charge in [0, 0.05) is 6.04 Å². The van der Waals surface area contributed by atoms with Crippen LogP contribution in [0.5, 0.6) is 0 Å². The summed E-state index contributed by atoms with van der Waals surface area (Å²) in [6.45, 7) is 5.91. The molecule has 0 aromatic rings. The van der Waals surface area contributed by atoms with Crippen molar-refractivity contribution < 1.29 is 0 Å². The Hall–Kier alpha value is -0.0800. The molecule has 0 aromatic carbocycles. The molecule has 1 heterocycles. The minimum Gasteiger partial charge on any atom is -0.330 e. The number of hydrogen-bond acceptors (Lipinski definition) is 2. The van der Waals surface area contributed by atoms with Crippen molar-refractivity contribution in [2.24, 2.45) is 17.6 Å². The molecule has 2 nitrogen and oxygen atoms in total. The summed E-state index contributed by atoms with van der Waals surface area (Å²) in [5, 5.41) is 0. The lowest BCUT2D eigenvalue weighted by Crippen LogP contribution is -2.43. The first kappa shape index (κ1) is 13.4. The number of nitrogens with zero attached hydrogens (tertiary/aromatic N) is 1. The molecule has 0 amide bonds. The van der Waals surface area contributed by atoms with Crippen molar-refractivity contribution in [1.29, 1.82) is 0 Å². The molecule has 0 radical (unpaired) electrons. The van der Waals surface area contributed by atoms with Crippen molar-refractivity contribution in [3.8, 4) is 0 Å². The zero-order valence-corrected chi connectivity index (χ0v) is 11.5. The molecule has 1 saturated heterocycles. The molecule has 100 valence electrons. The van der Waals surface area contributed by atoms with Crippen molar-refractivity contribution in [1.82, 2.24) is 4.90 Å². The highest BCUT2D eigenvalue weighted by Gasteiger charge is 2.27. The topological polar surface area (TPSA) is 29.3 Å². The summed E-state index contributed by atoms with van der Waals surface area (Å²) < 4.78 is 0. The van der Waals surface area contributed by atoms with Crippen LogP contribution in [0.4, 0.5) is 0 Å². The summed E-state index contributed by atoms with van der Waals surface area (Å²) in [6.07, 6.45) is 11.3. The molecule has 17 heavy (non-hydrogen) atoms. The average molecular weight is 238 g/mol. The molecule has 1 saturated carbocycles. The van der Waals surface area contributed by atoms with Gasteiger partial charge in [-0.05, 0) is 76.4 Å². The molecular formula is C15H30N2. The summed E-state index contributed by atoms with van der Waals surface area (Å²) in [5.74, 6) is 1.95. The highest BCUT2D eigenvalue weighted by molar-refractivity contribution is 4.82. The van der Waals surface area contributed by atoms with Gasteiger partial charge in [-0.15, -0.1) is 0 Å². The predicted molar refractivity (Wildman–Crippen MR) is 74.0 cm³/mol. The lowest BCUT2D eigenvalue weighted by atomic mass is 9.82. The fourth-order valence-electron chi connectivity index (χ4n) is 3.76. The number of nitrogens with two attached hydrogens (primary N) is 1. The summed E-state index contributed by atoms with van der Waals surface area (Å²) in [5.41, 5.74) is 5.65. The highest BCUT2D eigenvalue weighted by atomic mass is 15.2. The third kappa shape index (κ3) is 3.69. The highest BCUT2D eigenvalue weighted by Crippen LogP contribution is 2.31. The minimum absolute atomic E-state index is 0.881. The zero-order valence-electron chi connectivity index (χ0n) is 11.5. The number of likely N-dealkylation sites (tertiary alicyclic amines) is 1. The molecule has 0 aromatic heterocycles. The van der Waals surface area contributed by atoms with E-state index in [1.54, 1.807) is 0 Å². The van der Waals surface area contributed by atoms with E-state index in [-0.39, 0.29) is 0 Å². The first-order chi connectivity index (χ1) is 8.33. The van der Waals surface area contributed by atoms with Gasteiger partial charge in [0.05, 0.1) is 0 Å². The molecule has 0 atom stereocenters. The second kappa shape index (κ2) is 6.75. The fraction of sp³-hybridized carbons (Fsp3) is 1.00. The van der Waals surface area contributed by atoms with Crippen LogP contribution >= 0.6 is 0 Å². The largest absolute Gasteiger partial charge is 0.330 e. The van der Waals surface area contributed by atoms with E-state index < -0.39 is 0 Å². The Morgan fingerprint density at radius 3 is 2.12 bits per heavy atom. The van der Waals surface area contributed by atoms with Gasteiger partial charge in [-0.2, -0.15) is 0 Å². The van der Waals surface area contributed by atoms with E-state index in [0.717, 1.165) is 24.4 Å². The van der Waals surface area contributed by atoms with Crippen LogP contribution < -0.4 is 5.73 Å². The first-order valence-corrected chi connectivity index (χ1v) is 7.77. The third-order valence-electron chi connectivity index (χ3n) is 5.13. The molecule has 1 aliphatic heterocycles. The molecule has 1 aliphatic carbocycles. The third-order valence-corrected chi connectivity index (χ3v) is 5.13. The van der Waals surface area contributed by atoms with Crippen molar-refractivity contribution in [3.05, 3.63) is 0 Å². The van der Waals surface area contributed by atoms with Crippen molar-refractivity contribution in [2.75, 3.05) is 19.6 Å². The molecule has 0 spiro atoms. The Morgan fingerprint density at radius 1 is 0.941 bits per heavy atom. The van der Waals surface area contributed by atoms with Gasteiger partial charge < -0.3 is 10.6 Å². The zero-order chi connectivity index (χ0) is 12.1. The summed E-state index contributed by atoms with van der Waals surface area (Å²) in [7, 11) is 0. The van der Waals surface area contributed by atoms with Crippen LogP contribution in [0, 0.1) is 11.8 Å². The van der Waals surface area contributed by atoms with Gasteiger partial charge in [-0.1, -0.05) is 13.3 Å². The number of rotatable bonds is 4. The van der Waals surface area contributed by atoms with E-state index in [1.165, 1.54) is 64.5 Å². The van der Waals surface area contributed by atoms with Gasteiger partial charge >= 0.3 is 0 Å². The van der Waals surface area contributed by atoms with Crippen LogP contribution in [-0.4, -0.2) is 30.6 Å². The second-order valence-corrected chi connectivity index (χ2v) is 6.14. The number of piperidine rings is 1. The van der Waals surface area contributed by atoms with Crippen molar-refractivity contribution in [3.63, 3.8) is 0 Å². The molecular weight excluding hydrogens is 208 g/mol. The van der Waals surface area contributed by atoms with Gasteiger partial charge in [0.25, 0.3) is 0 Å². The maximum absolute atomic E-state index is 5.65. The van der Waals surface area contributed by atoms with E-state index in [4.69, 9.17) is 5.73 Å². The number of hydrogen-bond donors (Lipinski definition) is 1. The Kier molecular flexibility index (Phi) is 5.30. The molecule has 2 N–H and O–H groups in total. The van der Waals surface area contributed by atoms with Gasteiger partial charge in [0.15, 0.2) is 0 Å². The molecule has 2 rings (SSSR count). The molecule has 0 bridgehead atoms. The normalized spacial score (nSPS) is 32.8. The van der Waals surface area contributed by atoms with Gasteiger partial charge in [-0.25, -0.2) is 0 Å². The Morgan fingerprint density at radius 2 is 1.59 bits per heavy atom. The van der Waals surface area contributed by atoms with Crippen LogP contribution in [0.25, 0.3) is 0 Å². The van der Waals surface area contributed by atoms with Crippen LogP contribution in [0.2, 0.25) is 0 Å². The predicted octanol–water partition coefficient (Wildman–Crippen LogP) is 3.02. The van der Waals surface area contributed by atoms with Gasteiger partial charge in [-0.3, -0.25) is 0 Å². The standard InChI is InChI=1S/C15H30N2/c1-2-13-3-5-15(6-4-13)17-11-8-14(7-10-16)9-12-17/h13-15H,2-12,16H2,1H3. The van der Waals surface area contributed by atoms with E-state index in [1.807, 2.05) is 0 Å². The fourth-order valence-corrected chi connectivity index (χ4v) is 3.76. The van der Waals surface area contributed by atoms with Crippen LogP contribution in [0.1, 0.15) is 58.3 Å². The second-order valence-electron chi connectivity index (χ2n) is 6.14. The molecule has 2 fully saturated rings. The smallest absolute Gasteiger partial charge is 0.00954 e.